The molecule has 2 aromatic heterocycles. The number of aryl methyl sites for hydroxylation is 1. The van der Waals surface area contributed by atoms with Gasteiger partial charge in [-0.25, -0.2) is 13.1 Å². The standard InChI is InChI=1S/C14H11F3N4O3S2/c1-8-11(6-7-24-8)12-19-20-13(21(12)18)25-9-2-4-10(5-3-9)26(22,23)14(15,16)17/h2-7H,18H2,1H3. The van der Waals surface area contributed by atoms with Gasteiger partial charge in [0, 0.05) is 4.90 Å². The van der Waals surface area contributed by atoms with E-state index < -0.39 is 20.2 Å². The molecule has 0 amide bonds. The van der Waals surface area contributed by atoms with E-state index in [1.165, 1.54) is 23.1 Å². The van der Waals surface area contributed by atoms with E-state index >= 15 is 0 Å². The zero-order valence-electron chi connectivity index (χ0n) is 13.1. The summed E-state index contributed by atoms with van der Waals surface area (Å²) in [5.74, 6) is 6.91. The van der Waals surface area contributed by atoms with Gasteiger partial charge in [-0.15, -0.1) is 10.2 Å². The first-order valence-electron chi connectivity index (χ1n) is 6.95. The van der Waals surface area contributed by atoms with Crippen LogP contribution in [0.2, 0.25) is 0 Å². The molecule has 2 heterocycles. The summed E-state index contributed by atoms with van der Waals surface area (Å²) in [5.41, 5.74) is -4.70. The molecule has 0 aliphatic heterocycles. The number of furan rings is 1. The predicted octanol–water partition coefficient (Wildman–Crippen LogP) is 3.01. The molecule has 0 fully saturated rings. The number of hydrogen-bond acceptors (Lipinski definition) is 7. The minimum atomic E-state index is -5.38. The Morgan fingerprint density at radius 3 is 2.35 bits per heavy atom. The van der Waals surface area contributed by atoms with Gasteiger partial charge in [0.25, 0.3) is 9.84 Å². The quantitative estimate of drug-likeness (QED) is 0.667. The topological polar surface area (TPSA) is 104 Å². The minimum Gasteiger partial charge on any atom is -0.469 e. The minimum absolute atomic E-state index is 0.270. The second-order valence-electron chi connectivity index (χ2n) is 5.09. The van der Waals surface area contributed by atoms with E-state index in [0.29, 0.717) is 22.0 Å². The van der Waals surface area contributed by atoms with Gasteiger partial charge >= 0.3 is 5.51 Å². The molecule has 0 atom stereocenters. The number of sulfone groups is 1. The Labute approximate surface area is 149 Å². The Bertz CT molecular complexity index is 1040. The fourth-order valence-electron chi connectivity index (χ4n) is 2.07. The molecule has 0 unspecified atom stereocenters. The van der Waals surface area contributed by atoms with Crippen LogP contribution in [-0.2, 0) is 9.84 Å². The highest BCUT2D eigenvalue weighted by Crippen LogP contribution is 2.33. The smallest absolute Gasteiger partial charge is 0.469 e. The number of nitrogen functional groups attached to an aromatic ring is 1. The summed E-state index contributed by atoms with van der Waals surface area (Å²) in [6.07, 6.45) is 1.48. The Hall–Kier alpha value is -2.47. The highest BCUT2D eigenvalue weighted by Gasteiger charge is 2.46. The van der Waals surface area contributed by atoms with Gasteiger partial charge < -0.3 is 10.3 Å². The lowest BCUT2D eigenvalue weighted by molar-refractivity contribution is -0.0436. The van der Waals surface area contributed by atoms with Crippen LogP contribution >= 0.6 is 11.8 Å². The monoisotopic (exact) mass is 404 g/mol. The van der Waals surface area contributed by atoms with Gasteiger partial charge in [0.15, 0.2) is 5.82 Å². The van der Waals surface area contributed by atoms with Crippen LogP contribution in [0.25, 0.3) is 11.4 Å². The molecule has 7 nitrogen and oxygen atoms in total. The van der Waals surface area contributed by atoms with Crippen molar-refractivity contribution in [2.24, 2.45) is 0 Å². The van der Waals surface area contributed by atoms with Gasteiger partial charge in [-0.3, -0.25) is 0 Å². The molecule has 3 rings (SSSR count). The summed E-state index contributed by atoms with van der Waals surface area (Å²) in [6.45, 7) is 1.73. The highest BCUT2D eigenvalue weighted by molar-refractivity contribution is 7.99. The summed E-state index contributed by atoms with van der Waals surface area (Å²) in [6, 6.07) is 5.91. The van der Waals surface area contributed by atoms with Gasteiger partial charge in [0.05, 0.1) is 16.7 Å². The second-order valence-corrected chi connectivity index (χ2v) is 8.07. The lowest BCUT2D eigenvalue weighted by Crippen LogP contribution is -2.23. The Morgan fingerprint density at radius 1 is 1.15 bits per heavy atom. The maximum absolute atomic E-state index is 12.6. The Kier molecular flexibility index (Phi) is 4.48. The van der Waals surface area contributed by atoms with Gasteiger partial charge in [-0.2, -0.15) is 13.2 Å². The fourth-order valence-corrected chi connectivity index (χ4v) is 3.58. The van der Waals surface area contributed by atoms with E-state index in [4.69, 9.17) is 10.3 Å². The lowest BCUT2D eigenvalue weighted by atomic mass is 10.2. The third-order valence-electron chi connectivity index (χ3n) is 3.41. The first kappa shape index (κ1) is 18.3. The van der Waals surface area contributed by atoms with Crippen LogP contribution in [0.1, 0.15) is 5.76 Å². The van der Waals surface area contributed by atoms with Crippen molar-refractivity contribution in [1.82, 2.24) is 14.9 Å². The van der Waals surface area contributed by atoms with Crippen molar-refractivity contribution in [1.29, 1.82) is 0 Å². The predicted molar refractivity (Wildman–Crippen MR) is 86.4 cm³/mol. The third kappa shape index (κ3) is 3.17. The molecular weight excluding hydrogens is 393 g/mol. The maximum Gasteiger partial charge on any atom is 0.501 e. The van der Waals surface area contributed by atoms with Crippen LogP contribution in [0.4, 0.5) is 13.2 Å². The highest BCUT2D eigenvalue weighted by atomic mass is 32.2. The van der Waals surface area contributed by atoms with Crippen LogP contribution in [0.15, 0.2) is 56.0 Å². The molecule has 0 radical (unpaired) electrons. The van der Waals surface area contributed by atoms with Crippen LogP contribution in [-0.4, -0.2) is 28.8 Å². The number of nitrogens with two attached hydrogens (primary N) is 1. The molecule has 0 saturated heterocycles. The zero-order valence-corrected chi connectivity index (χ0v) is 14.7. The molecule has 0 aliphatic rings. The van der Waals surface area contributed by atoms with Crippen molar-refractivity contribution in [3.8, 4) is 11.4 Å². The van der Waals surface area contributed by atoms with E-state index in [9.17, 15) is 21.6 Å². The van der Waals surface area contributed by atoms with Crippen LogP contribution in [0.3, 0.4) is 0 Å². The first-order valence-corrected chi connectivity index (χ1v) is 9.25. The summed E-state index contributed by atoms with van der Waals surface area (Å²) < 4.78 is 66.8. The number of hydrogen-bond donors (Lipinski definition) is 1. The third-order valence-corrected chi connectivity index (χ3v) is 5.88. The van der Waals surface area contributed by atoms with E-state index in [1.54, 1.807) is 13.0 Å². The summed E-state index contributed by atoms with van der Waals surface area (Å²) in [5, 5.41) is 8.17. The summed E-state index contributed by atoms with van der Waals surface area (Å²) >= 11 is 1.02. The molecule has 0 spiro atoms. The molecule has 0 bridgehead atoms. The summed E-state index contributed by atoms with van der Waals surface area (Å²) in [7, 11) is -5.38. The van der Waals surface area contributed by atoms with Gasteiger partial charge in [-0.05, 0) is 49.0 Å². The van der Waals surface area contributed by atoms with Crippen LogP contribution in [0, 0.1) is 6.92 Å². The average molecular weight is 404 g/mol. The second kappa shape index (κ2) is 6.36. The SMILES string of the molecule is Cc1occc1-c1nnc(Sc2ccc(S(=O)(=O)C(F)(F)F)cc2)n1N. The van der Waals surface area contributed by atoms with E-state index in [-0.39, 0.29) is 5.16 Å². The number of halogens is 3. The Balaban J connectivity index is 1.85. The largest absolute Gasteiger partial charge is 0.501 e. The van der Waals surface area contributed by atoms with Crippen LogP contribution < -0.4 is 5.84 Å². The van der Waals surface area contributed by atoms with Crippen molar-refractivity contribution >= 4 is 21.6 Å². The average Bonchev–Trinajstić information content (AvgIpc) is 3.13. The normalized spacial score (nSPS) is 12.5. The van der Waals surface area contributed by atoms with Gasteiger partial charge in [-0.1, -0.05) is 0 Å². The number of aromatic nitrogens is 3. The molecule has 0 aliphatic carbocycles. The van der Waals surface area contributed by atoms with Crippen molar-refractivity contribution in [3.63, 3.8) is 0 Å². The fraction of sp³-hybridized carbons (Fsp3) is 0.143. The van der Waals surface area contributed by atoms with Crippen molar-refractivity contribution < 1.29 is 26.0 Å². The first-order chi connectivity index (χ1) is 12.1. The van der Waals surface area contributed by atoms with Crippen molar-refractivity contribution in [2.75, 3.05) is 5.84 Å². The molecule has 3 aromatic rings. The van der Waals surface area contributed by atoms with Crippen molar-refractivity contribution in [2.45, 2.75) is 27.4 Å². The number of alkyl halides is 3. The lowest BCUT2D eigenvalue weighted by Gasteiger charge is -2.08. The van der Waals surface area contributed by atoms with Crippen molar-refractivity contribution in [3.05, 3.63) is 42.4 Å². The van der Waals surface area contributed by atoms with Crippen LogP contribution in [0.5, 0.6) is 0 Å². The molecule has 0 saturated carbocycles. The number of rotatable bonds is 4. The zero-order chi connectivity index (χ0) is 19.1. The van der Waals surface area contributed by atoms with E-state index in [1.807, 2.05) is 0 Å². The Morgan fingerprint density at radius 2 is 1.81 bits per heavy atom. The summed E-state index contributed by atoms with van der Waals surface area (Å²) in [4.78, 5) is -0.390. The van der Waals surface area contributed by atoms with Gasteiger partial charge in [0.2, 0.25) is 5.16 Å². The van der Waals surface area contributed by atoms with E-state index in [2.05, 4.69) is 10.2 Å². The molecule has 1 aromatic carbocycles. The van der Waals surface area contributed by atoms with Gasteiger partial charge in [0.1, 0.15) is 5.76 Å². The molecule has 26 heavy (non-hydrogen) atoms. The molecule has 2 N–H and O–H groups in total. The molecule has 138 valence electrons. The number of benzene rings is 1. The maximum atomic E-state index is 12.6. The molecule has 12 heteroatoms. The van der Waals surface area contributed by atoms with E-state index in [0.717, 1.165) is 23.9 Å². The number of nitrogens with zero attached hydrogens (tertiary/aromatic N) is 3. The molecular formula is C14H11F3N4O3S2.